The van der Waals surface area contributed by atoms with Crippen LogP contribution >= 0.6 is 11.3 Å². The number of hydrogen-bond donors (Lipinski definition) is 2. The number of carbonyl (C=O) groups is 1. The van der Waals surface area contributed by atoms with E-state index in [1.807, 2.05) is 41.3 Å². The fourth-order valence-electron chi connectivity index (χ4n) is 3.49. The number of hydrogen-bond acceptors (Lipinski definition) is 6. The van der Waals surface area contributed by atoms with Crippen LogP contribution in [-0.4, -0.2) is 40.4 Å². The topological polar surface area (TPSA) is 84.1 Å². The highest BCUT2D eigenvalue weighted by atomic mass is 32.1. The fourth-order valence-corrected chi connectivity index (χ4v) is 4.18. The predicted molar refractivity (Wildman–Crippen MR) is 107 cm³/mol. The quantitative estimate of drug-likeness (QED) is 0.712. The summed E-state index contributed by atoms with van der Waals surface area (Å²) >= 11 is 1.40. The molecule has 0 unspecified atom stereocenters. The van der Waals surface area contributed by atoms with Gasteiger partial charge in [-0.15, -0.1) is 11.3 Å². The van der Waals surface area contributed by atoms with Gasteiger partial charge in [-0.2, -0.15) is 0 Å². The van der Waals surface area contributed by atoms with Crippen LogP contribution in [0.4, 0.5) is 10.9 Å². The Morgan fingerprint density at radius 1 is 1.19 bits per heavy atom. The summed E-state index contributed by atoms with van der Waals surface area (Å²) in [4.78, 5) is 23.5. The third-order valence-corrected chi connectivity index (χ3v) is 5.64. The van der Waals surface area contributed by atoms with Crippen molar-refractivity contribution in [3.05, 3.63) is 71.4 Å². The molecule has 27 heavy (non-hydrogen) atoms. The minimum atomic E-state index is -0.0443. The van der Waals surface area contributed by atoms with Gasteiger partial charge in [0.15, 0.2) is 5.13 Å². The first-order chi connectivity index (χ1) is 13.2. The summed E-state index contributed by atoms with van der Waals surface area (Å²) < 4.78 is 0. The van der Waals surface area contributed by atoms with Crippen LogP contribution in [-0.2, 0) is 0 Å². The minimum absolute atomic E-state index is 0.0443. The third-order valence-electron chi connectivity index (χ3n) is 4.88. The van der Waals surface area contributed by atoms with Gasteiger partial charge in [0.2, 0.25) is 0 Å². The Bertz CT molecular complexity index is 899. The number of thiazole rings is 1. The van der Waals surface area contributed by atoms with E-state index < -0.39 is 0 Å². The Labute approximate surface area is 162 Å². The van der Waals surface area contributed by atoms with E-state index in [0.717, 1.165) is 0 Å². The highest BCUT2D eigenvalue weighted by Gasteiger charge is 2.36. The molecule has 4 rings (SSSR count). The summed E-state index contributed by atoms with van der Waals surface area (Å²) in [5, 5.41) is 5.58. The van der Waals surface area contributed by atoms with Crippen LogP contribution in [0.5, 0.6) is 0 Å². The smallest absolute Gasteiger partial charge is 0.273 e. The van der Waals surface area contributed by atoms with Gasteiger partial charge in [0.05, 0.1) is 0 Å². The van der Waals surface area contributed by atoms with Crippen LogP contribution in [0.3, 0.4) is 0 Å². The average molecular weight is 379 g/mol. The predicted octanol–water partition coefficient (Wildman–Crippen LogP) is 3.10. The normalized spacial score (nSPS) is 19.2. The molecule has 138 valence electrons. The molecule has 6 nitrogen and oxygen atoms in total. The number of benzene rings is 1. The number of likely N-dealkylation sites (tertiary alicyclic amines) is 1. The lowest BCUT2D eigenvalue weighted by Gasteiger charge is -2.16. The van der Waals surface area contributed by atoms with Crippen molar-refractivity contribution >= 4 is 28.2 Å². The summed E-state index contributed by atoms with van der Waals surface area (Å²) in [6.45, 7) is 1.90. The molecule has 7 heteroatoms. The number of nitrogens with two attached hydrogens (primary N) is 1. The summed E-state index contributed by atoms with van der Waals surface area (Å²) in [5.74, 6) is 1.20. The third kappa shape index (κ3) is 3.84. The number of amides is 1. The second kappa shape index (κ2) is 7.85. The number of nitrogens with one attached hydrogen (secondary N) is 1. The van der Waals surface area contributed by atoms with E-state index in [2.05, 4.69) is 27.4 Å². The van der Waals surface area contributed by atoms with Crippen molar-refractivity contribution in [2.75, 3.05) is 25.0 Å². The minimum Gasteiger partial charge on any atom is -0.336 e. The summed E-state index contributed by atoms with van der Waals surface area (Å²) in [6, 6.07) is 15.9. The number of aromatic nitrogens is 2. The molecule has 2 aromatic heterocycles. The highest BCUT2D eigenvalue weighted by molar-refractivity contribution is 7.14. The van der Waals surface area contributed by atoms with Crippen molar-refractivity contribution in [1.29, 1.82) is 0 Å². The number of pyridine rings is 1. The molecule has 0 saturated carbocycles. The first-order valence-electron chi connectivity index (χ1n) is 8.92. The van der Waals surface area contributed by atoms with Gasteiger partial charge in [0, 0.05) is 30.6 Å². The standard InChI is InChI=1S/C20H21N5OS/c21-10-15-11-25(12-16(15)14-6-2-1-3-7-14)19(26)17-13-27-20(23-17)24-18-8-4-5-9-22-18/h1-9,13,15-16H,10-12,21H2,(H,22,23,24)/t15-,16+/m1/s1. The second-order valence-corrected chi connectivity index (χ2v) is 7.46. The molecule has 3 heterocycles. The summed E-state index contributed by atoms with van der Waals surface area (Å²) in [5.41, 5.74) is 7.68. The number of carbonyl (C=O) groups excluding carboxylic acids is 1. The molecule has 0 spiro atoms. The molecule has 2 atom stereocenters. The van der Waals surface area contributed by atoms with Crippen molar-refractivity contribution in [2.45, 2.75) is 5.92 Å². The van der Waals surface area contributed by atoms with Crippen LogP contribution in [0.2, 0.25) is 0 Å². The lowest BCUT2D eigenvalue weighted by molar-refractivity contribution is 0.0781. The van der Waals surface area contributed by atoms with Crippen molar-refractivity contribution in [1.82, 2.24) is 14.9 Å². The van der Waals surface area contributed by atoms with Crippen molar-refractivity contribution < 1.29 is 4.79 Å². The SMILES string of the molecule is NC[C@@H]1CN(C(=O)c2csc(Nc3ccccn3)n2)C[C@H]1c1ccccc1. The van der Waals surface area contributed by atoms with E-state index in [1.165, 1.54) is 16.9 Å². The zero-order chi connectivity index (χ0) is 18.6. The maximum absolute atomic E-state index is 12.9. The maximum atomic E-state index is 12.9. The van der Waals surface area contributed by atoms with Crippen molar-refractivity contribution in [3.8, 4) is 0 Å². The molecule has 1 aliphatic rings. The van der Waals surface area contributed by atoms with E-state index in [4.69, 9.17) is 5.73 Å². The molecule has 1 amide bonds. The first kappa shape index (κ1) is 17.6. The molecular formula is C20H21N5OS. The van der Waals surface area contributed by atoms with Crippen molar-refractivity contribution in [2.24, 2.45) is 11.7 Å². The van der Waals surface area contributed by atoms with Crippen LogP contribution in [0, 0.1) is 5.92 Å². The van der Waals surface area contributed by atoms with Gasteiger partial charge in [-0.1, -0.05) is 36.4 Å². The molecule has 3 aromatic rings. The number of anilines is 2. The molecule has 0 aliphatic carbocycles. The van der Waals surface area contributed by atoms with Gasteiger partial charge >= 0.3 is 0 Å². The van der Waals surface area contributed by atoms with Gasteiger partial charge in [0.1, 0.15) is 11.5 Å². The fraction of sp³-hybridized carbons (Fsp3) is 0.250. The van der Waals surface area contributed by atoms with E-state index in [0.29, 0.717) is 36.3 Å². The van der Waals surface area contributed by atoms with Crippen LogP contribution in [0.25, 0.3) is 0 Å². The van der Waals surface area contributed by atoms with Crippen LogP contribution < -0.4 is 11.1 Å². The van der Waals surface area contributed by atoms with Gasteiger partial charge in [0.25, 0.3) is 5.91 Å². The molecule has 1 aromatic carbocycles. The molecular weight excluding hydrogens is 358 g/mol. The number of rotatable bonds is 5. The Morgan fingerprint density at radius 2 is 2.00 bits per heavy atom. The van der Waals surface area contributed by atoms with Crippen LogP contribution in [0.15, 0.2) is 60.1 Å². The monoisotopic (exact) mass is 379 g/mol. The second-order valence-electron chi connectivity index (χ2n) is 6.60. The Balaban J connectivity index is 1.47. The molecule has 0 radical (unpaired) electrons. The van der Waals surface area contributed by atoms with Crippen LogP contribution in [0.1, 0.15) is 22.0 Å². The van der Waals surface area contributed by atoms with Gasteiger partial charge in [-0.3, -0.25) is 4.79 Å². The average Bonchev–Trinajstić information content (AvgIpc) is 3.36. The van der Waals surface area contributed by atoms with Gasteiger partial charge in [-0.25, -0.2) is 9.97 Å². The Hall–Kier alpha value is -2.77. The zero-order valence-corrected chi connectivity index (χ0v) is 15.6. The lowest BCUT2D eigenvalue weighted by atomic mass is 9.89. The molecule has 1 fully saturated rings. The number of nitrogens with zero attached hydrogens (tertiary/aromatic N) is 3. The van der Waals surface area contributed by atoms with Gasteiger partial charge < -0.3 is 16.0 Å². The van der Waals surface area contributed by atoms with Crippen molar-refractivity contribution in [3.63, 3.8) is 0 Å². The highest BCUT2D eigenvalue weighted by Crippen LogP contribution is 2.33. The van der Waals surface area contributed by atoms with E-state index in [9.17, 15) is 4.79 Å². The van der Waals surface area contributed by atoms with E-state index >= 15 is 0 Å². The maximum Gasteiger partial charge on any atom is 0.273 e. The van der Waals surface area contributed by atoms with Gasteiger partial charge in [-0.05, 0) is 30.2 Å². The molecule has 3 N–H and O–H groups in total. The zero-order valence-electron chi connectivity index (χ0n) is 14.8. The van der Waals surface area contributed by atoms with E-state index in [-0.39, 0.29) is 17.7 Å². The largest absolute Gasteiger partial charge is 0.336 e. The van der Waals surface area contributed by atoms with E-state index in [1.54, 1.807) is 11.6 Å². The lowest BCUT2D eigenvalue weighted by Crippen LogP contribution is -2.30. The summed E-state index contributed by atoms with van der Waals surface area (Å²) in [6.07, 6.45) is 1.71. The molecule has 1 saturated heterocycles. The Kier molecular flexibility index (Phi) is 5.13. The summed E-state index contributed by atoms with van der Waals surface area (Å²) in [7, 11) is 0. The molecule has 1 aliphatic heterocycles. The first-order valence-corrected chi connectivity index (χ1v) is 9.80. The Morgan fingerprint density at radius 3 is 2.74 bits per heavy atom. The molecule has 0 bridgehead atoms.